The molecule has 0 bridgehead atoms. The molecular weight excluding hydrogens is 390 g/mol. The molecule has 1 N–H and O–H groups in total. The maximum atomic E-state index is 11.9. The SMILES string of the molecule is O=C(COC(=O)Cc1ccc2c(c1)OCCO2)Nc1ccccc1Br. The van der Waals surface area contributed by atoms with Crippen molar-refractivity contribution in [3.05, 3.63) is 52.5 Å². The van der Waals surface area contributed by atoms with E-state index in [-0.39, 0.29) is 13.0 Å². The zero-order chi connectivity index (χ0) is 17.6. The third-order valence-corrected chi connectivity index (χ3v) is 4.16. The number of benzene rings is 2. The molecule has 1 aliphatic rings. The monoisotopic (exact) mass is 405 g/mol. The fraction of sp³-hybridized carbons (Fsp3) is 0.222. The summed E-state index contributed by atoms with van der Waals surface area (Å²) in [5, 5.41) is 2.67. The minimum absolute atomic E-state index is 0.0545. The second kappa shape index (κ2) is 8.02. The van der Waals surface area contributed by atoms with Gasteiger partial charge in [0.15, 0.2) is 18.1 Å². The number of hydrogen-bond acceptors (Lipinski definition) is 5. The van der Waals surface area contributed by atoms with Crippen molar-refractivity contribution in [3.63, 3.8) is 0 Å². The first-order valence-corrected chi connectivity index (χ1v) is 8.49. The van der Waals surface area contributed by atoms with Crippen LogP contribution in [-0.4, -0.2) is 31.7 Å². The second-order valence-corrected chi connectivity index (χ2v) is 6.20. The third kappa shape index (κ3) is 4.73. The van der Waals surface area contributed by atoms with Crippen LogP contribution in [0.4, 0.5) is 5.69 Å². The van der Waals surface area contributed by atoms with Crippen molar-refractivity contribution in [3.8, 4) is 11.5 Å². The summed E-state index contributed by atoms with van der Waals surface area (Å²) in [6.45, 7) is 0.655. The number of fused-ring (bicyclic) bond motifs is 1. The van der Waals surface area contributed by atoms with Crippen LogP contribution in [0.2, 0.25) is 0 Å². The molecule has 0 atom stereocenters. The fourth-order valence-electron chi connectivity index (χ4n) is 2.31. The maximum Gasteiger partial charge on any atom is 0.310 e. The lowest BCUT2D eigenvalue weighted by atomic mass is 10.1. The molecule has 0 spiro atoms. The van der Waals surface area contributed by atoms with E-state index < -0.39 is 11.9 Å². The molecule has 7 heteroatoms. The topological polar surface area (TPSA) is 73.9 Å². The molecule has 2 aromatic rings. The maximum absolute atomic E-state index is 11.9. The van der Waals surface area contributed by atoms with E-state index in [1.807, 2.05) is 12.1 Å². The minimum Gasteiger partial charge on any atom is -0.486 e. The van der Waals surface area contributed by atoms with Crippen LogP contribution in [0.25, 0.3) is 0 Å². The summed E-state index contributed by atoms with van der Waals surface area (Å²) in [5.74, 6) is 0.390. The van der Waals surface area contributed by atoms with Crippen LogP contribution in [0.15, 0.2) is 46.9 Å². The van der Waals surface area contributed by atoms with E-state index in [4.69, 9.17) is 14.2 Å². The van der Waals surface area contributed by atoms with E-state index in [0.29, 0.717) is 30.4 Å². The molecule has 0 fully saturated rings. The molecule has 0 saturated carbocycles. The standard InChI is InChI=1S/C18H16BrNO5/c19-13-3-1-2-4-14(13)20-17(21)11-25-18(22)10-12-5-6-15-16(9-12)24-8-7-23-15/h1-6,9H,7-8,10-11H2,(H,20,21). The van der Waals surface area contributed by atoms with Crippen LogP contribution in [-0.2, 0) is 20.7 Å². The molecule has 0 aromatic heterocycles. The number of carbonyl (C=O) groups excluding carboxylic acids is 2. The molecule has 25 heavy (non-hydrogen) atoms. The summed E-state index contributed by atoms with van der Waals surface area (Å²) in [7, 11) is 0. The highest BCUT2D eigenvalue weighted by Crippen LogP contribution is 2.30. The minimum atomic E-state index is -0.487. The Hall–Kier alpha value is -2.54. The molecule has 0 saturated heterocycles. The van der Waals surface area contributed by atoms with Gasteiger partial charge in [0, 0.05) is 4.47 Å². The van der Waals surface area contributed by atoms with Crippen LogP contribution >= 0.6 is 15.9 Å². The zero-order valence-corrected chi connectivity index (χ0v) is 14.9. The average molecular weight is 406 g/mol. The summed E-state index contributed by atoms with van der Waals surface area (Å²) >= 11 is 3.33. The summed E-state index contributed by atoms with van der Waals surface area (Å²) in [4.78, 5) is 23.8. The average Bonchev–Trinajstić information content (AvgIpc) is 2.62. The van der Waals surface area contributed by atoms with Crippen molar-refractivity contribution < 1.29 is 23.8 Å². The fourth-order valence-corrected chi connectivity index (χ4v) is 2.69. The Balaban J connectivity index is 1.49. The largest absolute Gasteiger partial charge is 0.486 e. The molecule has 6 nitrogen and oxygen atoms in total. The first-order chi connectivity index (χ1) is 12.1. The van der Waals surface area contributed by atoms with Gasteiger partial charge in [0.05, 0.1) is 12.1 Å². The summed E-state index contributed by atoms with van der Waals surface area (Å²) in [5.41, 5.74) is 1.36. The summed E-state index contributed by atoms with van der Waals surface area (Å²) in [6, 6.07) is 12.5. The van der Waals surface area contributed by atoms with Crippen molar-refractivity contribution in [2.24, 2.45) is 0 Å². The number of hydrogen-bond donors (Lipinski definition) is 1. The van der Waals surface area contributed by atoms with Crippen molar-refractivity contribution >= 4 is 33.5 Å². The number of nitrogens with one attached hydrogen (secondary N) is 1. The molecule has 130 valence electrons. The van der Waals surface area contributed by atoms with Crippen molar-refractivity contribution in [1.29, 1.82) is 0 Å². The van der Waals surface area contributed by atoms with Gasteiger partial charge in [-0.15, -0.1) is 0 Å². The van der Waals surface area contributed by atoms with Crippen LogP contribution < -0.4 is 14.8 Å². The number of para-hydroxylation sites is 1. The highest BCUT2D eigenvalue weighted by atomic mass is 79.9. The normalized spacial score (nSPS) is 12.4. The highest BCUT2D eigenvalue weighted by Gasteiger charge is 2.14. The van der Waals surface area contributed by atoms with Gasteiger partial charge >= 0.3 is 5.97 Å². The predicted octanol–water partition coefficient (Wildman–Crippen LogP) is 2.94. The zero-order valence-electron chi connectivity index (χ0n) is 13.3. The van der Waals surface area contributed by atoms with E-state index in [1.165, 1.54) is 0 Å². The quantitative estimate of drug-likeness (QED) is 0.774. The first kappa shape index (κ1) is 17.3. The van der Waals surface area contributed by atoms with Crippen molar-refractivity contribution in [2.75, 3.05) is 25.1 Å². The van der Waals surface area contributed by atoms with E-state index in [1.54, 1.807) is 30.3 Å². The molecule has 1 amide bonds. The van der Waals surface area contributed by atoms with Crippen LogP contribution in [0.5, 0.6) is 11.5 Å². The number of carbonyl (C=O) groups is 2. The molecule has 1 aliphatic heterocycles. The van der Waals surface area contributed by atoms with Gasteiger partial charge in [-0.25, -0.2) is 0 Å². The van der Waals surface area contributed by atoms with Crippen molar-refractivity contribution in [2.45, 2.75) is 6.42 Å². The van der Waals surface area contributed by atoms with E-state index in [0.717, 1.165) is 10.0 Å². The first-order valence-electron chi connectivity index (χ1n) is 7.70. The van der Waals surface area contributed by atoms with Gasteiger partial charge in [-0.05, 0) is 45.8 Å². The Kier molecular flexibility index (Phi) is 5.55. The molecular formula is C18H16BrNO5. The Morgan fingerprint density at radius 2 is 1.84 bits per heavy atom. The lowest BCUT2D eigenvalue weighted by molar-refractivity contribution is -0.146. The molecule has 0 aliphatic carbocycles. The number of anilines is 1. The summed E-state index contributed by atoms with van der Waals surface area (Å²) in [6.07, 6.45) is 0.0545. The Labute approximate surface area is 153 Å². The molecule has 3 rings (SSSR count). The molecule has 0 unspecified atom stereocenters. The van der Waals surface area contributed by atoms with Gasteiger partial charge in [-0.3, -0.25) is 9.59 Å². The van der Waals surface area contributed by atoms with Crippen LogP contribution in [0, 0.1) is 0 Å². The Bertz CT molecular complexity index is 793. The van der Waals surface area contributed by atoms with Gasteiger partial charge in [0.2, 0.25) is 0 Å². The van der Waals surface area contributed by atoms with Crippen LogP contribution in [0.1, 0.15) is 5.56 Å². The van der Waals surface area contributed by atoms with Gasteiger partial charge in [-0.1, -0.05) is 18.2 Å². The Morgan fingerprint density at radius 1 is 1.08 bits per heavy atom. The molecule has 2 aromatic carbocycles. The third-order valence-electron chi connectivity index (χ3n) is 3.47. The van der Waals surface area contributed by atoms with Gasteiger partial charge in [0.25, 0.3) is 5.91 Å². The lowest BCUT2D eigenvalue weighted by Crippen LogP contribution is -2.22. The van der Waals surface area contributed by atoms with Crippen LogP contribution in [0.3, 0.4) is 0 Å². The predicted molar refractivity (Wildman–Crippen MR) is 94.9 cm³/mol. The van der Waals surface area contributed by atoms with E-state index in [2.05, 4.69) is 21.2 Å². The van der Waals surface area contributed by atoms with E-state index >= 15 is 0 Å². The lowest BCUT2D eigenvalue weighted by Gasteiger charge is -2.18. The number of esters is 1. The highest BCUT2D eigenvalue weighted by molar-refractivity contribution is 9.10. The number of halogens is 1. The smallest absolute Gasteiger partial charge is 0.310 e. The number of rotatable bonds is 5. The summed E-state index contributed by atoms with van der Waals surface area (Å²) < 4.78 is 16.7. The Morgan fingerprint density at radius 3 is 2.64 bits per heavy atom. The second-order valence-electron chi connectivity index (χ2n) is 5.34. The van der Waals surface area contributed by atoms with E-state index in [9.17, 15) is 9.59 Å². The van der Waals surface area contributed by atoms with Crippen molar-refractivity contribution in [1.82, 2.24) is 0 Å². The number of amides is 1. The van der Waals surface area contributed by atoms with Gasteiger partial charge < -0.3 is 19.5 Å². The number of ether oxygens (including phenoxy) is 3. The molecule has 0 radical (unpaired) electrons. The van der Waals surface area contributed by atoms with Gasteiger partial charge in [0.1, 0.15) is 13.2 Å². The molecule has 1 heterocycles. The van der Waals surface area contributed by atoms with Gasteiger partial charge in [-0.2, -0.15) is 0 Å².